The third-order valence-corrected chi connectivity index (χ3v) is 7.24. The van der Waals surface area contributed by atoms with E-state index in [2.05, 4.69) is 10.0 Å². The fourth-order valence-electron chi connectivity index (χ4n) is 3.62. The molecule has 160 valence electrons. The predicted molar refractivity (Wildman–Crippen MR) is 115 cm³/mol. The normalized spacial score (nSPS) is 19.0. The van der Waals surface area contributed by atoms with Crippen LogP contribution < -0.4 is 10.0 Å². The lowest BCUT2D eigenvalue weighted by atomic mass is 9.94. The zero-order valence-electron chi connectivity index (χ0n) is 16.9. The first-order valence-corrected chi connectivity index (χ1v) is 11.4. The van der Waals surface area contributed by atoms with Crippen molar-refractivity contribution < 1.29 is 18.1 Å². The Labute approximate surface area is 175 Å². The quantitative estimate of drug-likeness (QED) is 0.510. The highest BCUT2D eigenvalue weighted by Crippen LogP contribution is 2.35. The van der Waals surface area contributed by atoms with Crippen LogP contribution in [0.2, 0.25) is 0 Å². The number of carbonyl (C=O) groups is 1. The van der Waals surface area contributed by atoms with Gasteiger partial charge in [-0.3, -0.25) is 14.9 Å². The van der Waals surface area contributed by atoms with E-state index in [1.54, 1.807) is 26.0 Å². The molecule has 1 aliphatic rings. The molecule has 1 fully saturated rings. The maximum atomic E-state index is 12.4. The first kappa shape index (κ1) is 21.9. The van der Waals surface area contributed by atoms with Crippen LogP contribution in [0.5, 0.6) is 0 Å². The maximum absolute atomic E-state index is 12.4. The summed E-state index contributed by atoms with van der Waals surface area (Å²) in [6, 6.07) is 12.7. The van der Waals surface area contributed by atoms with Gasteiger partial charge in [-0.05, 0) is 50.5 Å². The molecular weight excluding hydrogens is 406 g/mol. The minimum atomic E-state index is -3.34. The molecule has 2 atom stereocenters. The van der Waals surface area contributed by atoms with E-state index in [9.17, 15) is 23.3 Å². The Kier molecular flexibility index (Phi) is 6.52. The summed E-state index contributed by atoms with van der Waals surface area (Å²) in [5.74, 6) is -0.352. The fraction of sp³-hybridized carbons (Fsp3) is 0.381. The van der Waals surface area contributed by atoms with E-state index < -0.39 is 26.1 Å². The molecule has 1 aliphatic carbocycles. The van der Waals surface area contributed by atoms with Crippen molar-refractivity contribution in [1.82, 2.24) is 4.72 Å². The Morgan fingerprint density at radius 1 is 1.13 bits per heavy atom. The number of benzene rings is 2. The van der Waals surface area contributed by atoms with E-state index >= 15 is 0 Å². The number of nitro benzene ring substituents is 1. The molecule has 0 saturated heterocycles. The van der Waals surface area contributed by atoms with Crippen molar-refractivity contribution >= 4 is 27.3 Å². The van der Waals surface area contributed by atoms with Gasteiger partial charge in [0.05, 0.1) is 10.2 Å². The van der Waals surface area contributed by atoms with Gasteiger partial charge in [0.2, 0.25) is 10.0 Å². The summed E-state index contributed by atoms with van der Waals surface area (Å²) in [6.07, 6.45) is 2.63. The number of rotatable bonds is 7. The lowest BCUT2D eigenvalue weighted by molar-refractivity contribution is -0.384. The molecule has 0 aromatic heterocycles. The Balaban J connectivity index is 1.69. The van der Waals surface area contributed by atoms with Gasteiger partial charge in [-0.25, -0.2) is 13.1 Å². The number of nitrogens with zero attached hydrogens (tertiary/aromatic N) is 1. The molecule has 2 unspecified atom stereocenters. The summed E-state index contributed by atoms with van der Waals surface area (Å²) >= 11 is 0. The van der Waals surface area contributed by atoms with Crippen LogP contribution in [0, 0.1) is 10.1 Å². The third-order valence-electron chi connectivity index (χ3n) is 5.37. The number of sulfonamides is 1. The second kappa shape index (κ2) is 8.93. The molecule has 0 bridgehead atoms. The topological polar surface area (TPSA) is 118 Å². The van der Waals surface area contributed by atoms with Gasteiger partial charge in [-0.1, -0.05) is 24.6 Å². The first-order valence-electron chi connectivity index (χ1n) is 9.84. The predicted octanol–water partition coefficient (Wildman–Crippen LogP) is 3.81. The maximum Gasteiger partial charge on any atom is 0.270 e. The summed E-state index contributed by atoms with van der Waals surface area (Å²) < 4.78 is 27.3. The van der Waals surface area contributed by atoms with E-state index in [4.69, 9.17) is 0 Å². The van der Waals surface area contributed by atoms with Crippen molar-refractivity contribution in [2.24, 2.45) is 0 Å². The van der Waals surface area contributed by atoms with E-state index in [0.29, 0.717) is 5.69 Å². The van der Waals surface area contributed by atoms with Crippen molar-refractivity contribution in [3.05, 3.63) is 69.8 Å². The van der Waals surface area contributed by atoms with Gasteiger partial charge >= 0.3 is 0 Å². The summed E-state index contributed by atoms with van der Waals surface area (Å²) in [4.78, 5) is 22.7. The molecule has 0 radical (unpaired) electrons. The minimum absolute atomic E-state index is 0.0834. The molecule has 30 heavy (non-hydrogen) atoms. The Morgan fingerprint density at radius 2 is 1.83 bits per heavy atom. The Hall–Kier alpha value is -2.78. The van der Waals surface area contributed by atoms with Gasteiger partial charge in [0, 0.05) is 35.3 Å². The lowest BCUT2D eigenvalue weighted by Crippen LogP contribution is -2.40. The van der Waals surface area contributed by atoms with Crippen LogP contribution in [-0.2, 0) is 10.0 Å². The highest BCUT2D eigenvalue weighted by Gasteiger charge is 2.32. The molecule has 8 nitrogen and oxygen atoms in total. The number of nitrogens with one attached hydrogen (secondary N) is 2. The van der Waals surface area contributed by atoms with Crippen molar-refractivity contribution in [3.8, 4) is 0 Å². The van der Waals surface area contributed by atoms with Crippen LogP contribution >= 0.6 is 0 Å². The zero-order valence-corrected chi connectivity index (χ0v) is 17.7. The first-order chi connectivity index (χ1) is 14.2. The number of nitro groups is 1. The highest BCUT2D eigenvalue weighted by molar-refractivity contribution is 7.90. The van der Waals surface area contributed by atoms with Crippen LogP contribution in [0.15, 0.2) is 48.5 Å². The molecule has 2 aromatic carbocycles. The largest absolute Gasteiger partial charge is 0.322 e. The monoisotopic (exact) mass is 431 g/mol. The Morgan fingerprint density at radius 3 is 2.47 bits per heavy atom. The van der Waals surface area contributed by atoms with E-state index in [-0.39, 0.29) is 23.2 Å². The van der Waals surface area contributed by atoms with Crippen LogP contribution in [0.3, 0.4) is 0 Å². The van der Waals surface area contributed by atoms with Crippen LogP contribution in [0.4, 0.5) is 11.4 Å². The molecule has 3 rings (SSSR count). The van der Waals surface area contributed by atoms with Crippen molar-refractivity contribution in [1.29, 1.82) is 0 Å². The molecule has 1 amide bonds. The molecule has 2 N–H and O–H groups in total. The van der Waals surface area contributed by atoms with Gasteiger partial charge in [0.25, 0.3) is 11.6 Å². The van der Waals surface area contributed by atoms with Crippen LogP contribution in [0.1, 0.15) is 54.9 Å². The average Bonchev–Trinajstić information content (AvgIpc) is 3.16. The minimum Gasteiger partial charge on any atom is -0.322 e. The number of carbonyl (C=O) groups excluding carboxylic acids is 1. The summed E-state index contributed by atoms with van der Waals surface area (Å²) in [7, 11) is -3.34. The SMILES string of the molecule is CC(C)S(=O)(=O)NC1CCCC1c1ccc(NC(=O)c2cccc([N+](=O)[O-])c2)cc1. The van der Waals surface area contributed by atoms with Gasteiger partial charge in [0.15, 0.2) is 0 Å². The smallest absolute Gasteiger partial charge is 0.270 e. The molecule has 2 aromatic rings. The van der Waals surface area contributed by atoms with Gasteiger partial charge < -0.3 is 5.32 Å². The summed E-state index contributed by atoms with van der Waals surface area (Å²) in [5, 5.41) is 13.1. The number of hydrogen-bond acceptors (Lipinski definition) is 5. The molecule has 0 heterocycles. The number of hydrogen-bond donors (Lipinski definition) is 2. The van der Waals surface area contributed by atoms with Crippen molar-refractivity contribution in [3.63, 3.8) is 0 Å². The number of amides is 1. The van der Waals surface area contributed by atoms with Crippen LogP contribution in [0.25, 0.3) is 0 Å². The van der Waals surface area contributed by atoms with E-state index in [1.165, 1.54) is 24.3 Å². The summed E-state index contributed by atoms with van der Waals surface area (Å²) in [5.41, 5.74) is 1.63. The Bertz CT molecular complexity index is 1030. The third kappa shape index (κ3) is 5.03. The summed E-state index contributed by atoms with van der Waals surface area (Å²) in [6.45, 7) is 3.32. The molecular formula is C21H25N3O5S. The van der Waals surface area contributed by atoms with Crippen molar-refractivity contribution in [2.75, 3.05) is 5.32 Å². The second-order valence-electron chi connectivity index (χ2n) is 7.74. The van der Waals surface area contributed by atoms with E-state index in [0.717, 1.165) is 24.8 Å². The molecule has 0 spiro atoms. The molecule has 0 aliphatic heterocycles. The lowest BCUT2D eigenvalue weighted by Gasteiger charge is -2.22. The van der Waals surface area contributed by atoms with Gasteiger partial charge in [-0.2, -0.15) is 0 Å². The fourth-order valence-corrected chi connectivity index (χ4v) is 4.60. The zero-order chi connectivity index (χ0) is 21.9. The van der Waals surface area contributed by atoms with Crippen molar-refractivity contribution in [2.45, 2.75) is 50.3 Å². The highest BCUT2D eigenvalue weighted by atomic mass is 32.2. The second-order valence-corrected chi connectivity index (χ2v) is 10.0. The van der Waals surface area contributed by atoms with E-state index in [1.807, 2.05) is 12.1 Å². The van der Waals surface area contributed by atoms with Gasteiger partial charge in [-0.15, -0.1) is 0 Å². The van der Waals surface area contributed by atoms with Gasteiger partial charge in [0.1, 0.15) is 0 Å². The number of non-ortho nitro benzene ring substituents is 1. The average molecular weight is 432 g/mol. The van der Waals surface area contributed by atoms with Crippen LogP contribution in [-0.4, -0.2) is 30.5 Å². The standard InChI is InChI=1S/C21H25N3O5S/c1-14(2)30(28,29)23-20-8-4-7-19(20)15-9-11-17(12-10-15)22-21(25)16-5-3-6-18(13-16)24(26)27/h3,5-6,9-14,19-20,23H,4,7-8H2,1-2H3,(H,22,25). The number of anilines is 1. The molecule has 1 saturated carbocycles. The molecule has 9 heteroatoms.